The van der Waals surface area contributed by atoms with Gasteiger partial charge < -0.3 is 15.0 Å². The van der Waals surface area contributed by atoms with Crippen LogP contribution in [0.4, 0.5) is 11.4 Å². The molecule has 4 heteroatoms. The van der Waals surface area contributed by atoms with Gasteiger partial charge in [-0.2, -0.15) is 0 Å². The Hall–Kier alpha value is -3.53. The van der Waals surface area contributed by atoms with Gasteiger partial charge in [0.2, 0.25) is 0 Å². The topological polar surface area (TPSA) is 49.9 Å². The quantitative estimate of drug-likeness (QED) is 0.494. The number of nitrogens with one attached hydrogen (secondary N) is 2. The van der Waals surface area contributed by atoms with Gasteiger partial charge >= 0.3 is 0 Å². The number of H-pyrrole nitrogens is 1. The summed E-state index contributed by atoms with van der Waals surface area (Å²) in [7, 11) is 0. The highest BCUT2D eigenvalue weighted by molar-refractivity contribution is 5.65. The highest BCUT2D eigenvalue weighted by atomic mass is 16.5. The number of imidazole rings is 1. The van der Waals surface area contributed by atoms with E-state index in [1.54, 1.807) is 0 Å². The van der Waals surface area contributed by atoms with Gasteiger partial charge in [0.1, 0.15) is 18.2 Å². The number of aromatic amines is 1. The molecule has 3 aromatic carbocycles. The van der Waals surface area contributed by atoms with Gasteiger partial charge in [0, 0.05) is 11.4 Å². The number of para-hydroxylation sites is 2. The Morgan fingerprint density at radius 3 is 2.15 bits per heavy atom. The molecule has 1 heterocycles. The molecule has 4 rings (SSSR count). The second-order valence-corrected chi connectivity index (χ2v) is 5.91. The number of aromatic nitrogens is 2. The van der Waals surface area contributed by atoms with E-state index in [1.807, 2.05) is 66.9 Å². The van der Waals surface area contributed by atoms with Crippen molar-refractivity contribution < 1.29 is 4.74 Å². The van der Waals surface area contributed by atoms with Gasteiger partial charge in [-0.3, -0.25) is 0 Å². The monoisotopic (exact) mass is 341 g/mol. The van der Waals surface area contributed by atoms with Crippen molar-refractivity contribution in [2.24, 2.45) is 0 Å². The molecular formula is C22H19N3O. The molecule has 0 saturated carbocycles. The molecule has 0 amide bonds. The van der Waals surface area contributed by atoms with Crippen molar-refractivity contribution >= 4 is 11.4 Å². The Morgan fingerprint density at radius 2 is 1.42 bits per heavy atom. The van der Waals surface area contributed by atoms with E-state index < -0.39 is 0 Å². The van der Waals surface area contributed by atoms with E-state index in [2.05, 4.69) is 39.6 Å². The zero-order valence-corrected chi connectivity index (χ0v) is 14.2. The standard InChI is InChI=1S/C22H19N3O/c1-3-7-18(8-4-1)24-19-13-11-17(12-14-19)21-15-23-22(25-21)16-26-20-9-5-2-6-10-20/h1-15,24H,16H2,(H,23,25). The first-order valence-corrected chi connectivity index (χ1v) is 8.51. The Kier molecular flexibility index (Phi) is 4.65. The Bertz CT molecular complexity index is 948. The van der Waals surface area contributed by atoms with Crippen LogP contribution in [0.15, 0.2) is 91.1 Å². The van der Waals surface area contributed by atoms with Crippen molar-refractivity contribution in [2.45, 2.75) is 6.61 Å². The summed E-state index contributed by atoms with van der Waals surface area (Å²) in [6.45, 7) is 0.414. The van der Waals surface area contributed by atoms with E-state index in [0.29, 0.717) is 6.61 Å². The van der Waals surface area contributed by atoms with Crippen molar-refractivity contribution in [3.05, 3.63) is 97.0 Å². The summed E-state index contributed by atoms with van der Waals surface area (Å²) in [5.41, 5.74) is 4.18. The van der Waals surface area contributed by atoms with Gasteiger partial charge in [-0.05, 0) is 42.0 Å². The zero-order valence-electron chi connectivity index (χ0n) is 14.2. The van der Waals surface area contributed by atoms with Crippen LogP contribution in [0.5, 0.6) is 5.75 Å². The summed E-state index contributed by atoms with van der Waals surface area (Å²) in [6, 6.07) is 28.1. The molecule has 0 unspecified atom stereocenters. The summed E-state index contributed by atoms with van der Waals surface area (Å²) >= 11 is 0. The number of hydrogen-bond donors (Lipinski definition) is 2. The van der Waals surface area contributed by atoms with Crippen molar-refractivity contribution in [2.75, 3.05) is 5.32 Å². The van der Waals surface area contributed by atoms with E-state index in [4.69, 9.17) is 4.74 Å². The third-order valence-electron chi connectivity index (χ3n) is 4.01. The van der Waals surface area contributed by atoms with Crippen LogP contribution in [0.25, 0.3) is 11.3 Å². The second-order valence-electron chi connectivity index (χ2n) is 5.91. The Morgan fingerprint density at radius 1 is 0.769 bits per heavy atom. The van der Waals surface area contributed by atoms with Gasteiger partial charge in [0.25, 0.3) is 0 Å². The third-order valence-corrected chi connectivity index (χ3v) is 4.01. The minimum absolute atomic E-state index is 0.414. The van der Waals surface area contributed by atoms with E-state index in [-0.39, 0.29) is 0 Å². The molecule has 1 aromatic heterocycles. The fourth-order valence-electron chi connectivity index (χ4n) is 2.67. The summed E-state index contributed by atoms with van der Waals surface area (Å²) in [5, 5.41) is 3.38. The average molecular weight is 341 g/mol. The third kappa shape index (κ3) is 3.92. The lowest BCUT2D eigenvalue weighted by molar-refractivity contribution is 0.297. The van der Waals surface area contributed by atoms with Crippen LogP contribution >= 0.6 is 0 Å². The second kappa shape index (κ2) is 7.57. The normalized spacial score (nSPS) is 10.5. The number of hydrogen-bond acceptors (Lipinski definition) is 3. The Labute approximate surface area is 152 Å². The number of anilines is 2. The molecule has 4 nitrogen and oxygen atoms in total. The summed E-state index contributed by atoms with van der Waals surface area (Å²) in [4.78, 5) is 7.71. The summed E-state index contributed by atoms with van der Waals surface area (Å²) < 4.78 is 5.72. The van der Waals surface area contributed by atoms with Crippen LogP contribution in [0.2, 0.25) is 0 Å². The highest BCUT2D eigenvalue weighted by Crippen LogP contribution is 2.22. The predicted octanol–water partition coefficient (Wildman–Crippen LogP) is 5.40. The molecule has 0 aliphatic carbocycles. The van der Waals surface area contributed by atoms with Gasteiger partial charge in [0.05, 0.1) is 11.9 Å². The highest BCUT2D eigenvalue weighted by Gasteiger charge is 2.04. The lowest BCUT2D eigenvalue weighted by atomic mass is 10.1. The molecule has 0 aliphatic rings. The molecular weight excluding hydrogens is 322 g/mol. The molecule has 26 heavy (non-hydrogen) atoms. The Balaban J connectivity index is 1.41. The summed E-state index contributed by atoms with van der Waals surface area (Å²) in [6.07, 6.45) is 1.84. The van der Waals surface area contributed by atoms with Crippen molar-refractivity contribution in [1.29, 1.82) is 0 Å². The van der Waals surface area contributed by atoms with Crippen LogP contribution in [0.3, 0.4) is 0 Å². The van der Waals surface area contributed by atoms with Crippen LogP contribution < -0.4 is 10.1 Å². The number of nitrogens with zero attached hydrogens (tertiary/aromatic N) is 1. The summed E-state index contributed by atoms with van der Waals surface area (Å²) in [5.74, 6) is 1.64. The van der Waals surface area contributed by atoms with Crippen LogP contribution in [0.1, 0.15) is 5.82 Å². The minimum Gasteiger partial charge on any atom is -0.486 e. The maximum absolute atomic E-state index is 5.72. The minimum atomic E-state index is 0.414. The fourth-order valence-corrected chi connectivity index (χ4v) is 2.67. The molecule has 0 aliphatic heterocycles. The zero-order chi connectivity index (χ0) is 17.6. The van der Waals surface area contributed by atoms with Gasteiger partial charge in [0.15, 0.2) is 0 Å². The van der Waals surface area contributed by atoms with E-state index >= 15 is 0 Å². The maximum Gasteiger partial charge on any atom is 0.146 e. The number of rotatable bonds is 6. The van der Waals surface area contributed by atoms with E-state index in [9.17, 15) is 0 Å². The van der Waals surface area contributed by atoms with Crippen LogP contribution in [-0.2, 0) is 6.61 Å². The smallest absolute Gasteiger partial charge is 0.146 e. The molecule has 0 bridgehead atoms. The molecule has 0 atom stereocenters. The molecule has 0 fully saturated rings. The lowest BCUT2D eigenvalue weighted by Gasteiger charge is -2.07. The number of ether oxygens (including phenoxy) is 1. The molecule has 4 aromatic rings. The van der Waals surface area contributed by atoms with E-state index in [1.165, 1.54) is 0 Å². The predicted molar refractivity (Wildman–Crippen MR) is 105 cm³/mol. The fraction of sp³-hybridized carbons (Fsp3) is 0.0455. The van der Waals surface area contributed by atoms with Crippen molar-refractivity contribution in [3.63, 3.8) is 0 Å². The molecule has 0 saturated heterocycles. The largest absolute Gasteiger partial charge is 0.486 e. The SMILES string of the molecule is c1ccc(Nc2ccc(-c3cnc(COc4ccccc4)[nH]3)cc2)cc1. The first kappa shape index (κ1) is 16.0. The van der Waals surface area contributed by atoms with Crippen LogP contribution in [-0.4, -0.2) is 9.97 Å². The first-order chi connectivity index (χ1) is 12.9. The molecule has 0 spiro atoms. The van der Waals surface area contributed by atoms with Crippen LogP contribution in [0, 0.1) is 0 Å². The molecule has 2 N–H and O–H groups in total. The lowest BCUT2D eigenvalue weighted by Crippen LogP contribution is -1.97. The van der Waals surface area contributed by atoms with Gasteiger partial charge in [-0.15, -0.1) is 0 Å². The van der Waals surface area contributed by atoms with Gasteiger partial charge in [-0.25, -0.2) is 4.98 Å². The molecule has 0 radical (unpaired) electrons. The van der Waals surface area contributed by atoms with Crippen molar-refractivity contribution in [3.8, 4) is 17.0 Å². The van der Waals surface area contributed by atoms with Gasteiger partial charge in [-0.1, -0.05) is 48.5 Å². The molecule has 128 valence electrons. The van der Waals surface area contributed by atoms with E-state index in [0.717, 1.165) is 34.2 Å². The van der Waals surface area contributed by atoms with Crippen molar-refractivity contribution in [1.82, 2.24) is 9.97 Å². The first-order valence-electron chi connectivity index (χ1n) is 8.51. The maximum atomic E-state index is 5.72. The number of benzene rings is 3. The average Bonchev–Trinajstić information content (AvgIpc) is 3.18.